The molecule has 0 radical (unpaired) electrons. The fraction of sp³-hybridized carbons (Fsp3) is 0.278. The molecule has 2 aromatic rings. The van der Waals surface area contributed by atoms with Crippen molar-refractivity contribution in [2.75, 3.05) is 5.32 Å². The maximum Gasteiger partial charge on any atom is 0.407 e. The first kappa shape index (κ1) is 16.1. The number of rotatable bonds is 5. The van der Waals surface area contributed by atoms with Gasteiger partial charge in [0.1, 0.15) is 6.61 Å². The fourth-order valence-electron chi connectivity index (χ4n) is 2.57. The van der Waals surface area contributed by atoms with E-state index in [1.54, 1.807) is 0 Å². The van der Waals surface area contributed by atoms with Crippen LogP contribution in [0.5, 0.6) is 0 Å². The SMILES string of the molecule is O=C(NC1CC(Nc2ccc(I)cc2)C1)OCc1ccccc1. The summed E-state index contributed by atoms with van der Waals surface area (Å²) in [5.74, 6) is 0. The number of nitrogens with one attached hydrogen (secondary N) is 2. The number of hydrogen-bond donors (Lipinski definition) is 2. The van der Waals surface area contributed by atoms with Crippen molar-refractivity contribution < 1.29 is 9.53 Å². The zero-order valence-electron chi connectivity index (χ0n) is 12.7. The molecule has 4 nitrogen and oxygen atoms in total. The number of carbonyl (C=O) groups is 1. The molecule has 0 saturated heterocycles. The Morgan fingerprint density at radius 1 is 1.04 bits per heavy atom. The van der Waals surface area contributed by atoms with Gasteiger partial charge in [-0.25, -0.2) is 4.79 Å². The zero-order chi connectivity index (χ0) is 16.1. The second-order valence-corrected chi connectivity index (χ2v) is 6.97. The van der Waals surface area contributed by atoms with E-state index in [-0.39, 0.29) is 12.1 Å². The van der Waals surface area contributed by atoms with Crippen molar-refractivity contribution in [1.82, 2.24) is 5.32 Å². The summed E-state index contributed by atoms with van der Waals surface area (Å²) in [6.45, 7) is 0.309. The van der Waals surface area contributed by atoms with E-state index in [0.29, 0.717) is 12.6 Å². The molecule has 2 aromatic carbocycles. The van der Waals surface area contributed by atoms with Crippen molar-refractivity contribution in [1.29, 1.82) is 0 Å². The van der Waals surface area contributed by atoms with Crippen molar-refractivity contribution in [3.63, 3.8) is 0 Å². The van der Waals surface area contributed by atoms with Gasteiger partial charge in [-0.05, 0) is 65.3 Å². The van der Waals surface area contributed by atoms with Crippen LogP contribution in [-0.4, -0.2) is 18.2 Å². The van der Waals surface area contributed by atoms with Gasteiger partial charge in [-0.2, -0.15) is 0 Å². The highest BCUT2D eigenvalue weighted by atomic mass is 127. The van der Waals surface area contributed by atoms with Gasteiger partial charge in [0.15, 0.2) is 0 Å². The topological polar surface area (TPSA) is 50.4 Å². The molecule has 23 heavy (non-hydrogen) atoms. The monoisotopic (exact) mass is 422 g/mol. The summed E-state index contributed by atoms with van der Waals surface area (Å²) in [6.07, 6.45) is 1.50. The number of ether oxygens (including phenoxy) is 1. The predicted octanol–water partition coefficient (Wildman–Crippen LogP) is 4.16. The largest absolute Gasteiger partial charge is 0.445 e. The minimum atomic E-state index is -0.341. The van der Waals surface area contributed by atoms with Crippen LogP contribution in [0, 0.1) is 3.57 Å². The third kappa shape index (κ3) is 4.86. The highest BCUT2D eigenvalue weighted by Gasteiger charge is 2.30. The molecule has 0 bridgehead atoms. The number of amides is 1. The lowest BCUT2D eigenvalue weighted by Gasteiger charge is -2.36. The van der Waals surface area contributed by atoms with Crippen LogP contribution >= 0.6 is 22.6 Å². The van der Waals surface area contributed by atoms with E-state index in [1.165, 1.54) is 3.57 Å². The number of hydrogen-bond acceptors (Lipinski definition) is 3. The molecule has 0 spiro atoms. The van der Waals surface area contributed by atoms with E-state index >= 15 is 0 Å². The Balaban J connectivity index is 1.35. The van der Waals surface area contributed by atoms with E-state index < -0.39 is 0 Å². The van der Waals surface area contributed by atoms with Gasteiger partial charge in [-0.3, -0.25) is 0 Å². The summed E-state index contributed by atoms with van der Waals surface area (Å²) in [4.78, 5) is 11.8. The fourth-order valence-corrected chi connectivity index (χ4v) is 2.93. The maximum atomic E-state index is 11.8. The number of carbonyl (C=O) groups excluding carboxylic acids is 1. The van der Waals surface area contributed by atoms with Gasteiger partial charge in [-0.15, -0.1) is 0 Å². The quantitative estimate of drug-likeness (QED) is 0.712. The molecule has 0 aromatic heterocycles. The Morgan fingerprint density at radius 2 is 1.74 bits per heavy atom. The Morgan fingerprint density at radius 3 is 2.43 bits per heavy atom. The Kier molecular flexibility index (Phi) is 5.38. The van der Waals surface area contributed by atoms with Crippen molar-refractivity contribution in [3.8, 4) is 0 Å². The summed E-state index contributed by atoms with van der Waals surface area (Å²) in [6, 6.07) is 18.6. The van der Waals surface area contributed by atoms with Gasteiger partial charge in [0, 0.05) is 21.3 Å². The molecule has 2 N–H and O–H groups in total. The molecule has 1 fully saturated rings. The second-order valence-electron chi connectivity index (χ2n) is 5.72. The van der Waals surface area contributed by atoms with Crippen LogP contribution in [0.25, 0.3) is 0 Å². The molecule has 1 aliphatic rings. The number of alkyl carbamates (subject to hydrolysis) is 1. The van der Waals surface area contributed by atoms with Crippen LogP contribution in [0.4, 0.5) is 10.5 Å². The first-order valence-electron chi connectivity index (χ1n) is 7.68. The van der Waals surface area contributed by atoms with Gasteiger partial charge in [0.25, 0.3) is 0 Å². The van der Waals surface area contributed by atoms with Gasteiger partial charge in [0.05, 0.1) is 0 Å². The van der Waals surface area contributed by atoms with E-state index in [1.807, 2.05) is 30.3 Å². The molecule has 5 heteroatoms. The smallest absolute Gasteiger partial charge is 0.407 e. The third-order valence-corrected chi connectivity index (χ3v) is 4.61. The molecular weight excluding hydrogens is 403 g/mol. The number of halogens is 1. The van der Waals surface area contributed by atoms with Crippen LogP contribution < -0.4 is 10.6 Å². The summed E-state index contributed by atoms with van der Waals surface area (Å²) < 4.78 is 6.45. The highest BCUT2D eigenvalue weighted by molar-refractivity contribution is 14.1. The lowest BCUT2D eigenvalue weighted by Crippen LogP contribution is -2.49. The Labute approximate surface area is 149 Å². The minimum absolute atomic E-state index is 0.194. The molecule has 1 saturated carbocycles. The zero-order valence-corrected chi connectivity index (χ0v) is 14.8. The van der Waals surface area contributed by atoms with Crippen molar-refractivity contribution in [2.45, 2.75) is 31.5 Å². The average Bonchev–Trinajstić information content (AvgIpc) is 2.54. The predicted molar refractivity (Wildman–Crippen MR) is 99.4 cm³/mol. The van der Waals surface area contributed by atoms with Gasteiger partial charge in [0.2, 0.25) is 0 Å². The van der Waals surface area contributed by atoms with Crippen LogP contribution in [0.1, 0.15) is 18.4 Å². The lowest BCUT2D eigenvalue weighted by molar-refractivity contribution is 0.129. The number of benzene rings is 2. The van der Waals surface area contributed by atoms with Crippen molar-refractivity contribution in [2.24, 2.45) is 0 Å². The van der Waals surface area contributed by atoms with E-state index in [2.05, 4.69) is 57.5 Å². The normalized spacial score (nSPS) is 19.5. The molecule has 0 heterocycles. The van der Waals surface area contributed by atoms with E-state index in [9.17, 15) is 4.79 Å². The summed E-state index contributed by atoms with van der Waals surface area (Å²) in [7, 11) is 0. The maximum absolute atomic E-state index is 11.8. The first-order chi connectivity index (χ1) is 11.2. The molecule has 0 aliphatic heterocycles. The third-order valence-electron chi connectivity index (χ3n) is 3.89. The lowest BCUT2D eigenvalue weighted by atomic mass is 9.86. The van der Waals surface area contributed by atoms with E-state index in [0.717, 1.165) is 24.1 Å². The second kappa shape index (κ2) is 7.68. The molecule has 0 atom stereocenters. The van der Waals surface area contributed by atoms with Crippen LogP contribution in [0.2, 0.25) is 0 Å². The van der Waals surface area contributed by atoms with Crippen LogP contribution in [0.3, 0.4) is 0 Å². The summed E-state index contributed by atoms with van der Waals surface area (Å²) in [5.41, 5.74) is 2.12. The summed E-state index contributed by atoms with van der Waals surface area (Å²) in [5, 5.41) is 6.38. The highest BCUT2D eigenvalue weighted by Crippen LogP contribution is 2.24. The number of anilines is 1. The molecule has 1 amide bonds. The van der Waals surface area contributed by atoms with Gasteiger partial charge in [-0.1, -0.05) is 30.3 Å². The minimum Gasteiger partial charge on any atom is -0.445 e. The summed E-state index contributed by atoms with van der Waals surface area (Å²) >= 11 is 2.29. The molecule has 3 rings (SSSR count). The standard InChI is InChI=1S/C18H19IN2O2/c19-14-6-8-15(9-7-14)20-16-10-17(11-16)21-18(22)23-12-13-4-2-1-3-5-13/h1-9,16-17,20H,10-12H2,(H,21,22). The Hall–Kier alpha value is -1.76. The first-order valence-corrected chi connectivity index (χ1v) is 8.76. The molecule has 120 valence electrons. The van der Waals surface area contributed by atoms with Crippen LogP contribution in [0.15, 0.2) is 54.6 Å². The van der Waals surface area contributed by atoms with Crippen LogP contribution in [-0.2, 0) is 11.3 Å². The van der Waals surface area contributed by atoms with E-state index in [4.69, 9.17) is 4.74 Å². The average molecular weight is 422 g/mol. The molecule has 0 unspecified atom stereocenters. The van der Waals surface area contributed by atoms with Gasteiger partial charge >= 0.3 is 6.09 Å². The Bertz CT molecular complexity index is 640. The van der Waals surface area contributed by atoms with Gasteiger partial charge < -0.3 is 15.4 Å². The molecule has 1 aliphatic carbocycles. The molecular formula is C18H19IN2O2. The van der Waals surface area contributed by atoms with Crippen molar-refractivity contribution >= 4 is 34.4 Å². The van der Waals surface area contributed by atoms with Crippen molar-refractivity contribution in [3.05, 3.63) is 63.7 Å².